The minimum Gasteiger partial charge on any atom is -0.294 e. The van der Waals surface area contributed by atoms with E-state index in [0.29, 0.717) is 6.42 Å². The molecule has 0 saturated carbocycles. The summed E-state index contributed by atoms with van der Waals surface area (Å²) >= 11 is 0. The molecule has 2 rings (SSSR count). The molecule has 1 aliphatic rings. The Hall–Kier alpha value is -1.37. The van der Waals surface area contributed by atoms with Gasteiger partial charge in [0.1, 0.15) is 0 Å². The van der Waals surface area contributed by atoms with Crippen LogP contribution >= 0.6 is 0 Å². The van der Waals surface area contributed by atoms with E-state index in [1.165, 1.54) is 5.57 Å². The molecule has 0 spiro atoms. The quantitative estimate of drug-likeness (QED) is 0.636. The molecule has 0 amide bonds. The van der Waals surface area contributed by atoms with Crippen LogP contribution in [0.25, 0.3) is 5.57 Å². The maximum Gasteiger partial charge on any atom is 0.167 e. The molecule has 0 aromatic heterocycles. The lowest BCUT2D eigenvalue weighted by atomic mass is 9.89. The number of ketones is 1. The smallest absolute Gasteiger partial charge is 0.167 e. The number of hydrogen-bond acceptors (Lipinski definition) is 1. The molecule has 0 bridgehead atoms. The molecule has 0 heterocycles. The largest absolute Gasteiger partial charge is 0.294 e. The van der Waals surface area contributed by atoms with Crippen LogP contribution in [-0.2, 0) is 0 Å². The van der Waals surface area contributed by atoms with Crippen molar-refractivity contribution in [2.75, 3.05) is 0 Å². The fourth-order valence-corrected chi connectivity index (χ4v) is 1.78. The minimum atomic E-state index is 0.243. The number of Topliss-reactive ketones (excluding diaryl/α,β-unsaturated/α-hetero) is 1. The molecule has 0 aliphatic heterocycles. The van der Waals surface area contributed by atoms with E-state index in [1.54, 1.807) is 0 Å². The fraction of sp³-hybridized carbons (Fsp3) is 0.250. The number of carbonyl (C=O) groups is 1. The first kappa shape index (κ1) is 8.24. The Morgan fingerprint density at radius 3 is 2.62 bits per heavy atom. The Balaban J connectivity index is 2.58. The Morgan fingerprint density at radius 1 is 1.23 bits per heavy atom. The summed E-state index contributed by atoms with van der Waals surface area (Å²) in [4.78, 5) is 11.5. The second-order valence-electron chi connectivity index (χ2n) is 3.26. The Kier molecular flexibility index (Phi) is 2.01. The van der Waals surface area contributed by atoms with Gasteiger partial charge in [-0.3, -0.25) is 4.79 Å². The highest BCUT2D eigenvalue weighted by Gasteiger charge is 2.16. The molecule has 0 radical (unpaired) electrons. The van der Waals surface area contributed by atoms with Crippen LogP contribution in [0.15, 0.2) is 30.3 Å². The fourth-order valence-electron chi connectivity index (χ4n) is 1.78. The number of hydrogen-bond donors (Lipinski definition) is 0. The highest BCUT2D eigenvalue weighted by molar-refractivity contribution is 6.04. The van der Waals surface area contributed by atoms with Crippen molar-refractivity contribution in [2.24, 2.45) is 0 Å². The van der Waals surface area contributed by atoms with Gasteiger partial charge in [0.05, 0.1) is 0 Å². The Morgan fingerprint density at radius 2 is 1.92 bits per heavy atom. The van der Waals surface area contributed by atoms with E-state index in [1.807, 2.05) is 30.3 Å². The second-order valence-corrected chi connectivity index (χ2v) is 3.26. The first-order valence-electron chi connectivity index (χ1n) is 4.64. The normalized spacial score (nSPS) is 15.2. The standard InChI is InChI=1S/C12H12O/c1-2-9-7-8-12(13)11-6-4-3-5-10(9)11/h3-7H,2,8H2,1H3. The minimum absolute atomic E-state index is 0.243. The maximum atomic E-state index is 11.5. The van der Waals surface area contributed by atoms with Crippen molar-refractivity contribution >= 4 is 11.4 Å². The summed E-state index contributed by atoms with van der Waals surface area (Å²) in [6.45, 7) is 2.12. The number of rotatable bonds is 1. The van der Waals surface area contributed by atoms with Gasteiger partial charge >= 0.3 is 0 Å². The van der Waals surface area contributed by atoms with Crippen molar-refractivity contribution in [1.82, 2.24) is 0 Å². The lowest BCUT2D eigenvalue weighted by Crippen LogP contribution is -2.06. The van der Waals surface area contributed by atoms with E-state index in [2.05, 4.69) is 6.92 Å². The average molecular weight is 172 g/mol. The SMILES string of the molecule is CCC1=CCC(=O)c2ccccc21. The number of benzene rings is 1. The third kappa shape index (κ3) is 1.31. The number of fused-ring (bicyclic) bond motifs is 1. The van der Waals surface area contributed by atoms with Gasteiger partial charge in [-0.05, 0) is 17.6 Å². The monoisotopic (exact) mass is 172 g/mol. The molecule has 66 valence electrons. The van der Waals surface area contributed by atoms with E-state index >= 15 is 0 Å². The van der Waals surface area contributed by atoms with Crippen LogP contribution in [0.4, 0.5) is 0 Å². The third-order valence-corrected chi connectivity index (χ3v) is 2.49. The van der Waals surface area contributed by atoms with Crippen LogP contribution in [0, 0.1) is 0 Å². The van der Waals surface area contributed by atoms with E-state index in [4.69, 9.17) is 0 Å². The van der Waals surface area contributed by atoms with Gasteiger partial charge in [0.25, 0.3) is 0 Å². The molecule has 0 atom stereocenters. The summed E-state index contributed by atoms with van der Waals surface area (Å²) in [7, 11) is 0. The molecule has 0 unspecified atom stereocenters. The van der Waals surface area contributed by atoms with Crippen molar-refractivity contribution in [3.05, 3.63) is 41.5 Å². The summed E-state index contributed by atoms with van der Waals surface area (Å²) in [6.07, 6.45) is 3.62. The summed E-state index contributed by atoms with van der Waals surface area (Å²) in [6, 6.07) is 7.86. The molecule has 0 N–H and O–H groups in total. The van der Waals surface area contributed by atoms with Gasteiger partial charge in [-0.15, -0.1) is 0 Å². The van der Waals surface area contributed by atoms with Gasteiger partial charge in [0.2, 0.25) is 0 Å². The Labute approximate surface area is 78.1 Å². The predicted molar refractivity (Wildman–Crippen MR) is 53.7 cm³/mol. The zero-order chi connectivity index (χ0) is 9.26. The highest BCUT2D eigenvalue weighted by Crippen LogP contribution is 2.27. The van der Waals surface area contributed by atoms with E-state index in [0.717, 1.165) is 17.5 Å². The van der Waals surface area contributed by atoms with Crippen LogP contribution in [0.5, 0.6) is 0 Å². The van der Waals surface area contributed by atoms with E-state index in [-0.39, 0.29) is 5.78 Å². The third-order valence-electron chi connectivity index (χ3n) is 2.49. The molecule has 1 aromatic carbocycles. The van der Waals surface area contributed by atoms with Gasteiger partial charge in [0, 0.05) is 12.0 Å². The Bertz CT molecular complexity index is 374. The molecule has 13 heavy (non-hydrogen) atoms. The van der Waals surface area contributed by atoms with Gasteiger partial charge in [-0.25, -0.2) is 0 Å². The summed E-state index contributed by atoms with van der Waals surface area (Å²) in [5.74, 6) is 0.243. The lowest BCUT2D eigenvalue weighted by molar-refractivity contribution is 0.0994. The van der Waals surface area contributed by atoms with Gasteiger partial charge in [-0.2, -0.15) is 0 Å². The van der Waals surface area contributed by atoms with Gasteiger partial charge < -0.3 is 0 Å². The summed E-state index contributed by atoms with van der Waals surface area (Å²) in [5.41, 5.74) is 3.32. The average Bonchev–Trinajstić information content (AvgIpc) is 2.19. The van der Waals surface area contributed by atoms with Crippen molar-refractivity contribution in [2.45, 2.75) is 19.8 Å². The van der Waals surface area contributed by atoms with Crippen LogP contribution in [-0.4, -0.2) is 5.78 Å². The van der Waals surface area contributed by atoms with Crippen molar-refractivity contribution < 1.29 is 4.79 Å². The van der Waals surface area contributed by atoms with Crippen molar-refractivity contribution in [3.8, 4) is 0 Å². The second kappa shape index (κ2) is 3.17. The zero-order valence-corrected chi connectivity index (χ0v) is 7.71. The zero-order valence-electron chi connectivity index (χ0n) is 7.71. The number of carbonyl (C=O) groups excluding carboxylic acids is 1. The van der Waals surface area contributed by atoms with Crippen molar-refractivity contribution in [1.29, 1.82) is 0 Å². The molecule has 0 saturated heterocycles. The molecule has 1 heteroatoms. The van der Waals surface area contributed by atoms with E-state index < -0.39 is 0 Å². The predicted octanol–water partition coefficient (Wildman–Crippen LogP) is 3.07. The van der Waals surface area contributed by atoms with Gasteiger partial charge in [-0.1, -0.05) is 37.3 Å². The molecular formula is C12H12O. The first-order valence-corrected chi connectivity index (χ1v) is 4.64. The lowest BCUT2D eigenvalue weighted by Gasteiger charge is -2.14. The molecule has 0 fully saturated rings. The first-order chi connectivity index (χ1) is 6.33. The van der Waals surface area contributed by atoms with Crippen LogP contribution in [0.2, 0.25) is 0 Å². The summed E-state index contributed by atoms with van der Waals surface area (Å²) < 4.78 is 0. The molecule has 1 aromatic rings. The van der Waals surface area contributed by atoms with Crippen LogP contribution in [0.1, 0.15) is 35.7 Å². The van der Waals surface area contributed by atoms with Crippen LogP contribution < -0.4 is 0 Å². The molecule has 1 aliphatic carbocycles. The molecule has 1 nitrogen and oxygen atoms in total. The maximum absolute atomic E-state index is 11.5. The topological polar surface area (TPSA) is 17.1 Å². The number of allylic oxidation sites excluding steroid dienone is 2. The van der Waals surface area contributed by atoms with Crippen LogP contribution in [0.3, 0.4) is 0 Å². The molecular weight excluding hydrogens is 160 g/mol. The van der Waals surface area contributed by atoms with Gasteiger partial charge in [0.15, 0.2) is 5.78 Å². The highest BCUT2D eigenvalue weighted by atomic mass is 16.1. The van der Waals surface area contributed by atoms with E-state index in [9.17, 15) is 4.79 Å². The summed E-state index contributed by atoms with van der Waals surface area (Å²) in [5, 5.41) is 0. The van der Waals surface area contributed by atoms with Crippen molar-refractivity contribution in [3.63, 3.8) is 0 Å².